The summed E-state index contributed by atoms with van der Waals surface area (Å²) >= 11 is 0. The Morgan fingerprint density at radius 2 is 1.87 bits per heavy atom. The van der Waals surface area contributed by atoms with Crippen molar-refractivity contribution >= 4 is 5.78 Å². The van der Waals surface area contributed by atoms with Crippen LogP contribution in [0.15, 0.2) is 29.1 Å². The van der Waals surface area contributed by atoms with Gasteiger partial charge < -0.3 is 19.8 Å². The van der Waals surface area contributed by atoms with Gasteiger partial charge in [-0.2, -0.15) is 0 Å². The Morgan fingerprint density at radius 1 is 1.06 bits per heavy atom. The topological polar surface area (TPSA) is 80.4 Å². The first-order valence-electron chi connectivity index (χ1n) is 11.3. The molecular weight excluding hydrogens is 392 g/mol. The molecule has 0 radical (unpaired) electrons. The van der Waals surface area contributed by atoms with Crippen LogP contribution in [0.1, 0.15) is 71.7 Å². The van der Waals surface area contributed by atoms with E-state index in [1.807, 2.05) is 18.2 Å². The lowest BCUT2D eigenvalue weighted by atomic mass is 9.91. The third kappa shape index (κ3) is 4.69. The first-order valence-corrected chi connectivity index (χ1v) is 11.3. The molecule has 1 aromatic heterocycles. The molecule has 0 amide bonds. The van der Waals surface area contributed by atoms with E-state index in [1.165, 1.54) is 5.56 Å². The first kappa shape index (κ1) is 21.6. The van der Waals surface area contributed by atoms with E-state index in [9.17, 15) is 9.59 Å². The van der Waals surface area contributed by atoms with E-state index in [4.69, 9.17) is 9.47 Å². The fraction of sp³-hybridized carbons (Fsp3) is 0.520. The number of benzene rings is 1. The zero-order chi connectivity index (χ0) is 21.8. The van der Waals surface area contributed by atoms with Gasteiger partial charge in [0, 0.05) is 29.3 Å². The van der Waals surface area contributed by atoms with E-state index >= 15 is 0 Å². The molecule has 2 aliphatic carbocycles. The number of carbonyl (C=O) groups excluding carboxylic acids is 1. The summed E-state index contributed by atoms with van der Waals surface area (Å²) in [6, 6.07) is 7.70. The van der Waals surface area contributed by atoms with Crippen LogP contribution in [-0.2, 0) is 12.8 Å². The Hall–Kier alpha value is -2.60. The van der Waals surface area contributed by atoms with Gasteiger partial charge >= 0.3 is 0 Å². The second-order valence-corrected chi connectivity index (χ2v) is 8.63. The lowest BCUT2D eigenvalue weighted by Crippen LogP contribution is -2.28. The molecule has 2 aromatic rings. The van der Waals surface area contributed by atoms with Gasteiger partial charge in [-0.15, -0.1) is 0 Å². The average molecular weight is 425 g/mol. The number of ketones is 1. The minimum absolute atomic E-state index is 0.0140. The molecule has 0 fully saturated rings. The molecule has 2 aliphatic rings. The zero-order valence-corrected chi connectivity index (χ0v) is 18.5. The number of methoxy groups -OCH3 is 2. The van der Waals surface area contributed by atoms with Gasteiger partial charge in [-0.3, -0.25) is 9.59 Å². The van der Waals surface area contributed by atoms with Gasteiger partial charge in [0.05, 0.1) is 14.2 Å². The number of carbonyl (C=O) groups is 1. The summed E-state index contributed by atoms with van der Waals surface area (Å²) in [4.78, 5) is 27.3. The molecule has 1 aromatic carbocycles. The van der Waals surface area contributed by atoms with Crippen LogP contribution >= 0.6 is 0 Å². The molecule has 2 atom stereocenters. The lowest BCUT2D eigenvalue weighted by Gasteiger charge is -2.26. The second kappa shape index (κ2) is 9.69. The van der Waals surface area contributed by atoms with Crippen LogP contribution in [0.4, 0.5) is 0 Å². The first-order chi connectivity index (χ1) is 15.1. The number of aromatic amines is 1. The van der Waals surface area contributed by atoms with E-state index in [2.05, 4.69) is 10.3 Å². The number of rotatable bonds is 9. The van der Waals surface area contributed by atoms with Crippen molar-refractivity contribution < 1.29 is 14.3 Å². The summed E-state index contributed by atoms with van der Waals surface area (Å²) in [6.45, 7) is 0.955. The van der Waals surface area contributed by atoms with Gasteiger partial charge in [0.2, 0.25) is 5.56 Å². The number of unbranched alkanes of at least 4 members (excludes halogenated alkanes) is 2. The maximum absolute atomic E-state index is 12.8. The number of fused-ring (bicyclic) bond motifs is 2. The van der Waals surface area contributed by atoms with Crippen LogP contribution in [0.5, 0.6) is 11.5 Å². The normalized spacial score (nSPS) is 19.7. The number of pyridine rings is 1. The molecule has 2 N–H and O–H groups in total. The summed E-state index contributed by atoms with van der Waals surface area (Å²) in [6.07, 6.45) is 8.13. The zero-order valence-electron chi connectivity index (χ0n) is 18.5. The van der Waals surface area contributed by atoms with Crippen molar-refractivity contribution in [3.8, 4) is 11.5 Å². The quantitative estimate of drug-likeness (QED) is 0.595. The Balaban J connectivity index is 1.22. The largest absolute Gasteiger partial charge is 0.493 e. The number of aryl methyl sites for hydroxylation is 1. The highest BCUT2D eigenvalue weighted by atomic mass is 16.5. The minimum atomic E-state index is -0.0140. The van der Waals surface area contributed by atoms with Crippen LogP contribution in [0.25, 0.3) is 0 Å². The molecule has 0 aliphatic heterocycles. The van der Waals surface area contributed by atoms with Crippen LogP contribution in [0.2, 0.25) is 0 Å². The Labute approximate surface area is 183 Å². The maximum atomic E-state index is 12.8. The molecular formula is C25H32N2O4. The van der Waals surface area contributed by atoms with Gasteiger partial charge in [-0.25, -0.2) is 0 Å². The molecule has 6 heteroatoms. The van der Waals surface area contributed by atoms with E-state index < -0.39 is 0 Å². The number of nitrogens with one attached hydrogen (secondary N) is 2. The fourth-order valence-corrected chi connectivity index (χ4v) is 5.01. The molecule has 31 heavy (non-hydrogen) atoms. The minimum Gasteiger partial charge on any atom is -0.493 e. The van der Waals surface area contributed by atoms with Crippen molar-refractivity contribution in [2.75, 3.05) is 20.8 Å². The summed E-state index contributed by atoms with van der Waals surface area (Å²) < 4.78 is 10.7. The van der Waals surface area contributed by atoms with Gasteiger partial charge in [0.1, 0.15) is 0 Å². The van der Waals surface area contributed by atoms with Crippen molar-refractivity contribution in [2.45, 2.75) is 57.4 Å². The molecule has 1 unspecified atom stereocenters. The Bertz CT molecular complexity index is 998. The predicted molar refractivity (Wildman–Crippen MR) is 120 cm³/mol. The Morgan fingerprint density at radius 3 is 2.68 bits per heavy atom. The fourth-order valence-electron chi connectivity index (χ4n) is 5.01. The third-order valence-corrected chi connectivity index (χ3v) is 6.66. The van der Waals surface area contributed by atoms with Crippen molar-refractivity contribution in [3.63, 3.8) is 0 Å². The molecule has 166 valence electrons. The molecule has 6 nitrogen and oxygen atoms in total. The highest BCUT2D eigenvalue weighted by Gasteiger charge is 2.31. The molecule has 0 bridgehead atoms. The summed E-state index contributed by atoms with van der Waals surface area (Å²) in [5, 5.41) is 3.66. The molecule has 4 rings (SSSR count). The summed E-state index contributed by atoms with van der Waals surface area (Å²) in [7, 11) is 3.22. The predicted octanol–water partition coefficient (Wildman–Crippen LogP) is 3.97. The second-order valence-electron chi connectivity index (χ2n) is 8.63. The summed E-state index contributed by atoms with van der Waals surface area (Å²) in [5.41, 5.74) is 4.18. The Kier molecular flexibility index (Phi) is 6.76. The molecule has 0 spiro atoms. The van der Waals surface area contributed by atoms with Gasteiger partial charge in [0.15, 0.2) is 17.3 Å². The number of H-pyrrole nitrogens is 1. The molecule has 0 saturated carbocycles. The standard InChI is InChI=1S/C25H32N2O4/c1-30-22-14-17-13-16(25(29)19(17)15-23(22)31-2)7-4-3-5-12-26-20-8-6-9-21-18(20)10-11-24(28)27-21/h10-11,14-16,20,26H,3-9,12-13H2,1-2H3,(H,27,28)/t16?,20-/m0/s1. The lowest BCUT2D eigenvalue weighted by molar-refractivity contribution is 0.0929. The third-order valence-electron chi connectivity index (χ3n) is 6.66. The van der Waals surface area contributed by atoms with E-state index in [1.54, 1.807) is 20.3 Å². The highest BCUT2D eigenvalue weighted by Crippen LogP contribution is 2.38. The number of hydrogen-bond donors (Lipinski definition) is 2. The van der Waals surface area contributed by atoms with E-state index in [0.29, 0.717) is 17.5 Å². The van der Waals surface area contributed by atoms with Crippen LogP contribution in [0.3, 0.4) is 0 Å². The maximum Gasteiger partial charge on any atom is 0.248 e. The monoisotopic (exact) mass is 424 g/mol. The molecule has 0 saturated heterocycles. The van der Waals surface area contributed by atoms with Gasteiger partial charge in [-0.05, 0) is 68.3 Å². The average Bonchev–Trinajstić information content (AvgIpc) is 3.09. The van der Waals surface area contributed by atoms with Crippen LogP contribution in [-0.4, -0.2) is 31.5 Å². The van der Waals surface area contributed by atoms with Crippen molar-refractivity contribution in [2.24, 2.45) is 5.92 Å². The van der Waals surface area contributed by atoms with Crippen molar-refractivity contribution in [1.82, 2.24) is 10.3 Å². The van der Waals surface area contributed by atoms with Crippen LogP contribution < -0.4 is 20.3 Å². The number of Topliss-reactive ketones (excluding diaryl/α,β-unsaturated/α-hetero) is 1. The van der Waals surface area contributed by atoms with E-state index in [-0.39, 0.29) is 17.3 Å². The number of hydrogen-bond acceptors (Lipinski definition) is 5. The van der Waals surface area contributed by atoms with E-state index in [0.717, 1.165) is 74.7 Å². The number of ether oxygens (including phenoxy) is 2. The smallest absolute Gasteiger partial charge is 0.248 e. The van der Waals surface area contributed by atoms with Crippen LogP contribution in [0, 0.1) is 5.92 Å². The highest BCUT2D eigenvalue weighted by molar-refractivity contribution is 6.02. The SMILES string of the molecule is COc1cc2c(cc1OC)C(=O)C(CCCCCN[C@H]1CCCc3[nH]c(=O)ccc31)C2. The number of aromatic nitrogens is 1. The van der Waals surface area contributed by atoms with Crippen molar-refractivity contribution in [3.05, 3.63) is 57.0 Å². The van der Waals surface area contributed by atoms with Crippen molar-refractivity contribution in [1.29, 1.82) is 0 Å². The summed E-state index contributed by atoms with van der Waals surface area (Å²) in [5.74, 6) is 1.62. The van der Waals surface area contributed by atoms with Gasteiger partial charge in [-0.1, -0.05) is 18.9 Å². The van der Waals surface area contributed by atoms with Gasteiger partial charge in [0.25, 0.3) is 0 Å². The molecule has 1 heterocycles.